The molecular weight excluding hydrogens is 366 g/mol. The summed E-state index contributed by atoms with van der Waals surface area (Å²) in [6.45, 7) is 0. The van der Waals surface area contributed by atoms with Crippen molar-refractivity contribution in [2.75, 3.05) is 5.32 Å². The number of rotatable bonds is 4. The summed E-state index contributed by atoms with van der Waals surface area (Å²) in [6.07, 6.45) is 4.24. The van der Waals surface area contributed by atoms with Gasteiger partial charge in [0.2, 0.25) is 0 Å². The number of amides is 1. The summed E-state index contributed by atoms with van der Waals surface area (Å²) in [7, 11) is 0. The fourth-order valence-electron chi connectivity index (χ4n) is 2.22. The highest BCUT2D eigenvalue weighted by Gasteiger charge is 2.17. The molecule has 0 unspecified atom stereocenters. The third-order valence-corrected chi connectivity index (χ3v) is 4.17. The van der Waals surface area contributed by atoms with Gasteiger partial charge < -0.3 is 0 Å². The zero-order valence-corrected chi connectivity index (χ0v) is 14.3. The maximum absolute atomic E-state index is 12.6. The highest BCUT2D eigenvalue weighted by Crippen LogP contribution is 2.24. The number of nitrogens with one attached hydrogen (secondary N) is 1. The Bertz CT molecular complexity index is 1150. The number of carbonyl (C=O) groups is 1. The predicted octanol–water partition coefficient (Wildman–Crippen LogP) is 1.70. The molecule has 0 aliphatic heterocycles. The molecule has 0 aromatic carbocycles. The van der Waals surface area contributed by atoms with Crippen LogP contribution in [0.1, 0.15) is 16.2 Å². The lowest BCUT2D eigenvalue weighted by atomic mass is 10.2. The standard InChI is InChI=1S/C16H9N9OS/c17-6-10-2-1-3-11(21-10)12-8-27-16(22-12)23-15(26)13-7-20-24-25(13)14-4-5-18-9-19-14/h1-5,7-9H,(H,22,23,26). The molecule has 1 amide bonds. The van der Waals surface area contributed by atoms with E-state index in [0.717, 1.165) is 0 Å². The van der Waals surface area contributed by atoms with Crippen molar-refractivity contribution in [3.8, 4) is 23.3 Å². The van der Waals surface area contributed by atoms with Crippen molar-refractivity contribution in [1.82, 2.24) is 34.9 Å². The van der Waals surface area contributed by atoms with Gasteiger partial charge in [0.05, 0.1) is 11.9 Å². The zero-order valence-electron chi connectivity index (χ0n) is 13.5. The van der Waals surface area contributed by atoms with Gasteiger partial charge in [-0.15, -0.1) is 16.4 Å². The second-order valence-electron chi connectivity index (χ2n) is 5.11. The van der Waals surface area contributed by atoms with E-state index in [9.17, 15) is 4.79 Å². The first-order valence-corrected chi connectivity index (χ1v) is 8.44. The number of carbonyl (C=O) groups excluding carboxylic acids is 1. The molecule has 11 heteroatoms. The average molecular weight is 375 g/mol. The number of hydrogen-bond donors (Lipinski definition) is 1. The van der Waals surface area contributed by atoms with E-state index in [1.807, 2.05) is 6.07 Å². The minimum atomic E-state index is -0.432. The molecule has 0 saturated carbocycles. The van der Waals surface area contributed by atoms with Crippen molar-refractivity contribution < 1.29 is 4.79 Å². The van der Waals surface area contributed by atoms with Gasteiger partial charge in [0.1, 0.15) is 23.8 Å². The molecule has 0 radical (unpaired) electrons. The first kappa shape index (κ1) is 16.4. The Balaban J connectivity index is 1.56. The van der Waals surface area contributed by atoms with Crippen molar-refractivity contribution in [2.45, 2.75) is 0 Å². The summed E-state index contributed by atoms with van der Waals surface area (Å²) in [4.78, 5) is 29.0. The first-order valence-electron chi connectivity index (χ1n) is 7.56. The Morgan fingerprint density at radius 3 is 2.96 bits per heavy atom. The van der Waals surface area contributed by atoms with Crippen LogP contribution in [0.3, 0.4) is 0 Å². The molecule has 0 saturated heterocycles. The van der Waals surface area contributed by atoms with Gasteiger partial charge in [-0.2, -0.15) is 9.94 Å². The number of aromatic nitrogens is 7. The molecule has 4 heterocycles. The topological polar surface area (TPSA) is 135 Å². The Morgan fingerprint density at radius 2 is 2.15 bits per heavy atom. The van der Waals surface area contributed by atoms with Gasteiger partial charge in [0, 0.05) is 17.6 Å². The van der Waals surface area contributed by atoms with Gasteiger partial charge in [-0.25, -0.2) is 19.9 Å². The van der Waals surface area contributed by atoms with Gasteiger partial charge in [0.25, 0.3) is 5.91 Å². The maximum atomic E-state index is 12.6. The lowest BCUT2D eigenvalue weighted by Crippen LogP contribution is -2.17. The van der Waals surface area contributed by atoms with E-state index in [0.29, 0.717) is 28.0 Å². The van der Waals surface area contributed by atoms with Crippen molar-refractivity contribution >= 4 is 22.4 Å². The van der Waals surface area contributed by atoms with Crippen molar-refractivity contribution in [3.63, 3.8) is 0 Å². The summed E-state index contributed by atoms with van der Waals surface area (Å²) in [5.41, 5.74) is 1.62. The Kier molecular flexibility index (Phi) is 4.30. The van der Waals surface area contributed by atoms with Gasteiger partial charge in [-0.1, -0.05) is 11.3 Å². The number of pyridine rings is 1. The third-order valence-electron chi connectivity index (χ3n) is 3.42. The number of hydrogen-bond acceptors (Lipinski definition) is 9. The van der Waals surface area contributed by atoms with Crippen LogP contribution in [0.5, 0.6) is 0 Å². The molecule has 4 aromatic rings. The predicted molar refractivity (Wildman–Crippen MR) is 95.0 cm³/mol. The van der Waals surface area contributed by atoms with Crippen LogP contribution in [0.15, 0.2) is 48.4 Å². The Hall–Kier alpha value is -4.04. The number of anilines is 1. The quantitative estimate of drug-likeness (QED) is 0.569. The average Bonchev–Trinajstić information content (AvgIpc) is 3.38. The molecule has 0 spiro atoms. The minimum absolute atomic E-state index is 0.204. The van der Waals surface area contributed by atoms with E-state index < -0.39 is 5.91 Å². The van der Waals surface area contributed by atoms with Crippen LogP contribution in [0.25, 0.3) is 17.2 Å². The summed E-state index contributed by atoms with van der Waals surface area (Å²) >= 11 is 1.24. The van der Waals surface area contributed by atoms with E-state index in [1.165, 1.54) is 28.5 Å². The normalized spacial score (nSPS) is 10.3. The fourth-order valence-corrected chi connectivity index (χ4v) is 2.92. The van der Waals surface area contributed by atoms with Gasteiger partial charge in [0.15, 0.2) is 16.6 Å². The SMILES string of the molecule is N#Cc1cccc(-c2csc(NC(=O)c3cnnn3-c3ccncn3)n2)n1. The van der Waals surface area contributed by atoms with Crippen molar-refractivity contribution in [1.29, 1.82) is 5.26 Å². The monoisotopic (exact) mass is 375 g/mol. The van der Waals surface area contributed by atoms with Gasteiger partial charge in [-0.3, -0.25) is 10.1 Å². The van der Waals surface area contributed by atoms with E-state index in [2.05, 4.69) is 35.6 Å². The molecule has 1 N–H and O–H groups in total. The Morgan fingerprint density at radius 1 is 1.22 bits per heavy atom. The summed E-state index contributed by atoms with van der Waals surface area (Å²) in [6, 6.07) is 8.68. The number of nitriles is 1. The molecule has 10 nitrogen and oxygen atoms in total. The lowest BCUT2D eigenvalue weighted by molar-refractivity contribution is 0.101. The second kappa shape index (κ2) is 7.06. The molecule has 4 aromatic heterocycles. The van der Waals surface area contributed by atoms with Gasteiger partial charge in [-0.05, 0) is 12.1 Å². The lowest BCUT2D eigenvalue weighted by Gasteiger charge is -2.04. The highest BCUT2D eigenvalue weighted by atomic mass is 32.1. The molecule has 0 aliphatic carbocycles. The summed E-state index contributed by atoms with van der Waals surface area (Å²) in [5.74, 6) is -0.0109. The molecule has 0 atom stereocenters. The van der Waals surface area contributed by atoms with Crippen LogP contribution >= 0.6 is 11.3 Å². The third kappa shape index (κ3) is 3.37. The van der Waals surface area contributed by atoms with E-state index in [1.54, 1.807) is 35.8 Å². The van der Waals surface area contributed by atoms with Crippen LogP contribution in [0.4, 0.5) is 5.13 Å². The van der Waals surface area contributed by atoms with Crippen LogP contribution < -0.4 is 5.32 Å². The summed E-state index contributed by atoms with van der Waals surface area (Å²) in [5, 5.41) is 21.4. The van der Waals surface area contributed by atoms with E-state index in [-0.39, 0.29) is 5.69 Å². The van der Waals surface area contributed by atoms with Crippen LogP contribution in [-0.2, 0) is 0 Å². The molecule has 0 aliphatic rings. The fraction of sp³-hybridized carbons (Fsp3) is 0. The van der Waals surface area contributed by atoms with Crippen LogP contribution in [0, 0.1) is 11.3 Å². The smallest absolute Gasteiger partial charge is 0.277 e. The molecular formula is C16H9N9OS. The molecule has 0 bridgehead atoms. The summed E-state index contributed by atoms with van der Waals surface area (Å²) < 4.78 is 1.31. The largest absolute Gasteiger partial charge is 0.296 e. The number of nitrogens with zero attached hydrogens (tertiary/aromatic N) is 8. The van der Waals surface area contributed by atoms with Crippen molar-refractivity contribution in [3.05, 3.63) is 59.8 Å². The zero-order chi connectivity index (χ0) is 18.6. The highest BCUT2D eigenvalue weighted by molar-refractivity contribution is 7.14. The molecule has 27 heavy (non-hydrogen) atoms. The number of thiazole rings is 1. The Labute approximate surface area is 156 Å². The van der Waals surface area contributed by atoms with Crippen LogP contribution in [-0.4, -0.2) is 40.8 Å². The van der Waals surface area contributed by atoms with E-state index in [4.69, 9.17) is 5.26 Å². The van der Waals surface area contributed by atoms with Gasteiger partial charge >= 0.3 is 0 Å². The first-order chi connectivity index (χ1) is 13.2. The molecule has 0 fully saturated rings. The van der Waals surface area contributed by atoms with Crippen LogP contribution in [0.2, 0.25) is 0 Å². The van der Waals surface area contributed by atoms with Crippen molar-refractivity contribution in [2.24, 2.45) is 0 Å². The molecule has 130 valence electrons. The molecule has 4 rings (SSSR count). The maximum Gasteiger partial charge on any atom is 0.277 e. The minimum Gasteiger partial charge on any atom is -0.296 e. The second-order valence-corrected chi connectivity index (χ2v) is 5.97. The van der Waals surface area contributed by atoms with E-state index >= 15 is 0 Å².